The fraction of sp³-hybridized carbons (Fsp3) is 0.158. The number of imidazole rings is 1. The number of aromatic nitrogens is 3. The highest BCUT2D eigenvalue weighted by Gasteiger charge is 2.15. The SMILES string of the molecule is CCC(=O)Cc1cn(-c2ccccc2)c(NC(=O)c2cccnc2)n1. The lowest BCUT2D eigenvalue weighted by Gasteiger charge is -2.08. The van der Waals surface area contributed by atoms with E-state index in [0.29, 0.717) is 23.6 Å². The molecule has 0 unspecified atom stereocenters. The summed E-state index contributed by atoms with van der Waals surface area (Å²) in [6.07, 6.45) is 5.58. The molecule has 126 valence electrons. The summed E-state index contributed by atoms with van der Waals surface area (Å²) in [6, 6.07) is 12.9. The number of ketones is 1. The van der Waals surface area contributed by atoms with Gasteiger partial charge in [0.15, 0.2) is 0 Å². The Hall–Kier alpha value is -3.28. The molecule has 3 rings (SSSR count). The van der Waals surface area contributed by atoms with Crippen LogP contribution in [-0.4, -0.2) is 26.2 Å². The molecular formula is C19H18N4O2. The first-order chi connectivity index (χ1) is 12.2. The van der Waals surface area contributed by atoms with Gasteiger partial charge >= 0.3 is 0 Å². The van der Waals surface area contributed by atoms with Gasteiger partial charge < -0.3 is 0 Å². The Labute approximate surface area is 145 Å². The van der Waals surface area contributed by atoms with Crippen LogP contribution in [0.5, 0.6) is 0 Å². The van der Waals surface area contributed by atoms with Crippen molar-refractivity contribution in [2.24, 2.45) is 0 Å². The van der Waals surface area contributed by atoms with Gasteiger partial charge in [-0.05, 0) is 24.3 Å². The number of rotatable bonds is 6. The zero-order valence-corrected chi connectivity index (χ0v) is 13.8. The lowest BCUT2D eigenvalue weighted by atomic mass is 10.2. The summed E-state index contributed by atoms with van der Waals surface area (Å²) in [5, 5.41) is 2.80. The number of Topliss-reactive ketones (excluding diaryl/α,β-unsaturated/α-hetero) is 1. The van der Waals surface area contributed by atoms with E-state index in [0.717, 1.165) is 5.69 Å². The summed E-state index contributed by atoms with van der Waals surface area (Å²) >= 11 is 0. The summed E-state index contributed by atoms with van der Waals surface area (Å²) in [4.78, 5) is 32.5. The van der Waals surface area contributed by atoms with Crippen molar-refractivity contribution in [1.29, 1.82) is 0 Å². The third-order valence-corrected chi connectivity index (χ3v) is 3.71. The van der Waals surface area contributed by atoms with Crippen molar-refractivity contribution < 1.29 is 9.59 Å². The Bertz CT molecular complexity index is 873. The van der Waals surface area contributed by atoms with Crippen LogP contribution in [0.2, 0.25) is 0 Å². The van der Waals surface area contributed by atoms with E-state index in [1.165, 1.54) is 6.20 Å². The highest BCUT2D eigenvalue weighted by atomic mass is 16.2. The third-order valence-electron chi connectivity index (χ3n) is 3.71. The molecule has 1 amide bonds. The van der Waals surface area contributed by atoms with Gasteiger partial charge in [0, 0.05) is 30.7 Å². The molecule has 2 heterocycles. The standard InChI is InChI=1S/C19H18N4O2/c1-2-17(24)11-15-13-23(16-8-4-3-5-9-16)19(21-15)22-18(25)14-7-6-10-20-12-14/h3-10,12-13H,2,11H2,1H3,(H,21,22,25). The predicted molar refractivity (Wildman–Crippen MR) is 94.8 cm³/mol. The molecule has 1 N–H and O–H groups in total. The molecule has 0 aliphatic carbocycles. The Morgan fingerprint density at radius 2 is 1.92 bits per heavy atom. The van der Waals surface area contributed by atoms with Gasteiger partial charge in [-0.1, -0.05) is 25.1 Å². The first-order valence-electron chi connectivity index (χ1n) is 8.04. The maximum Gasteiger partial charge on any atom is 0.259 e. The van der Waals surface area contributed by atoms with E-state index in [2.05, 4.69) is 15.3 Å². The van der Waals surface area contributed by atoms with Crippen LogP contribution in [0.1, 0.15) is 29.4 Å². The molecule has 0 saturated heterocycles. The molecule has 0 saturated carbocycles. The van der Waals surface area contributed by atoms with E-state index in [1.54, 1.807) is 29.1 Å². The van der Waals surface area contributed by atoms with Gasteiger partial charge in [0.2, 0.25) is 5.95 Å². The summed E-state index contributed by atoms with van der Waals surface area (Å²) in [5.41, 5.74) is 1.92. The summed E-state index contributed by atoms with van der Waals surface area (Å²) in [6.45, 7) is 1.82. The number of anilines is 1. The van der Waals surface area contributed by atoms with E-state index in [9.17, 15) is 9.59 Å². The highest BCUT2D eigenvalue weighted by Crippen LogP contribution is 2.18. The monoisotopic (exact) mass is 334 g/mol. The van der Waals surface area contributed by atoms with Crippen molar-refractivity contribution in [3.05, 3.63) is 72.3 Å². The third kappa shape index (κ3) is 3.98. The van der Waals surface area contributed by atoms with E-state index < -0.39 is 0 Å². The number of hydrogen-bond acceptors (Lipinski definition) is 4. The van der Waals surface area contributed by atoms with E-state index >= 15 is 0 Å². The van der Waals surface area contributed by atoms with Crippen molar-refractivity contribution in [2.75, 3.05) is 5.32 Å². The molecule has 25 heavy (non-hydrogen) atoms. The Kier molecular flexibility index (Phi) is 4.99. The number of benzene rings is 1. The van der Waals surface area contributed by atoms with Gasteiger partial charge in [-0.2, -0.15) is 0 Å². The number of amides is 1. The predicted octanol–water partition coefficient (Wildman–Crippen LogP) is 3.04. The molecule has 0 radical (unpaired) electrons. The molecule has 0 spiro atoms. The molecule has 0 aliphatic rings. The maximum atomic E-state index is 12.4. The van der Waals surface area contributed by atoms with Crippen molar-refractivity contribution >= 4 is 17.6 Å². The fourth-order valence-electron chi connectivity index (χ4n) is 2.39. The minimum absolute atomic E-state index is 0.0999. The lowest BCUT2D eigenvalue weighted by Crippen LogP contribution is -2.15. The van der Waals surface area contributed by atoms with Gasteiger partial charge in [-0.3, -0.25) is 24.5 Å². The highest BCUT2D eigenvalue weighted by molar-refractivity contribution is 6.03. The second-order valence-electron chi connectivity index (χ2n) is 5.53. The van der Waals surface area contributed by atoms with Crippen molar-refractivity contribution in [3.63, 3.8) is 0 Å². The zero-order valence-electron chi connectivity index (χ0n) is 13.8. The molecule has 0 bridgehead atoms. The number of carbonyl (C=O) groups is 2. The Morgan fingerprint density at radius 1 is 1.12 bits per heavy atom. The smallest absolute Gasteiger partial charge is 0.259 e. The topological polar surface area (TPSA) is 76.9 Å². The van der Waals surface area contributed by atoms with Crippen molar-refractivity contribution in [3.8, 4) is 5.69 Å². The molecule has 0 fully saturated rings. The summed E-state index contributed by atoms with van der Waals surface area (Å²) in [5.74, 6) is 0.172. The number of nitrogens with one attached hydrogen (secondary N) is 1. The maximum absolute atomic E-state index is 12.4. The second-order valence-corrected chi connectivity index (χ2v) is 5.53. The Morgan fingerprint density at radius 3 is 2.60 bits per heavy atom. The van der Waals surface area contributed by atoms with Gasteiger partial charge in [-0.25, -0.2) is 4.98 Å². The molecule has 0 aliphatic heterocycles. The van der Waals surface area contributed by atoms with E-state index in [1.807, 2.05) is 37.3 Å². The van der Waals surface area contributed by atoms with Crippen molar-refractivity contribution in [1.82, 2.24) is 14.5 Å². The van der Waals surface area contributed by atoms with Gasteiger partial charge in [0.25, 0.3) is 5.91 Å². The van der Waals surface area contributed by atoms with E-state index in [4.69, 9.17) is 0 Å². The number of pyridine rings is 1. The molecule has 6 heteroatoms. The first kappa shape index (κ1) is 16.6. The molecule has 0 atom stereocenters. The largest absolute Gasteiger partial charge is 0.299 e. The molecule has 6 nitrogen and oxygen atoms in total. The lowest BCUT2D eigenvalue weighted by molar-refractivity contribution is -0.118. The van der Waals surface area contributed by atoms with Gasteiger partial charge in [0.1, 0.15) is 5.78 Å². The quantitative estimate of drug-likeness (QED) is 0.751. The average molecular weight is 334 g/mol. The number of nitrogens with zero attached hydrogens (tertiary/aromatic N) is 3. The molecule has 1 aromatic carbocycles. The average Bonchev–Trinajstić information content (AvgIpc) is 3.05. The van der Waals surface area contributed by atoms with Crippen LogP contribution in [0.3, 0.4) is 0 Å². The van der Waals surface area contributed by atoms with Crippen LogP contribution in [0.4, 0.5) is 5.95 Å². The number of hydrogen-bond donors (Lipinski definition) is 1. The fourth-order valence-corrected chi connectivity index (χ4v) is 2.39. The van der Waals surface area contributed by atoms with Crippen LogP contribution in [0, 0.1) is 0 Å². The second kappa shape index (κ2) is 7.53. The van der Waals surface area contributed by atoms with Gasteiger partial charge in [0.05, 0.1) is 17.7 Å². The number of para-hydroxylation sites is 1. The normalized spacial score (nSPS) is 10.4. The molecule has 2 aromatic heterocycles. The van der Waals surface area contributed by atoms with Crippen LogP contribution >= 0.6 is 0 Å². The van der Waals surface area contributed by atoms with Crippen LogP contribution < -0.4 is 5.32 Å². The van der Waals surface area contributed by atoms with Crippen molar-refractivity contribution in [2.45, 2.75) is 19.8 Å². The number of carbonyl (C=O) groups excluding carboxylic acids is 2. The van der Waals surface area contributed by atoms with Crippen LogP contribution in [0.15, 0.2) is 61.1 Å². The Balaban J connectivity index is 1.93. The van der Waals surface area contributed by atoms with Gasteiger partial charge in [-0.15, -0.1) is 0 Å². The summed E-state index contributed by atoms with van der Waals surface area (Å²) in [7, 11) is 0. The minimum atomic E-state index is -0.302. The minimum Gasteiger partial charge on any atom is -0.299 e. The zero-order chi connectivity index (χ0) is 17.6. The summed E-state index contributed by atoms with van der Waals surface area (Å²) < 4.78 is 1.77. The van der Waals surface area contributed by atoms with Crippen LogP contribution in [-0.2, 0) is 11.2 Å². The van der Waals surface area contributed by atoms with E-state index in [-0.39, 0.29) is 18.1 Å². The first-order valence-corrected chi connectivity index (χ1v) is 8.04. The van der Waals surface area contributed by atoms with Crippen LogP contribution in [0.25, 0.3) is 5.69 Å². The molecular weight excluding hydrogens is 316 g/mol. The molecule has 3 aromatic rings.